The van der Waals surface area contributed by atoms with Gasteiger partial charge in [0.15, 0.2) is 5.76 Å². The summed E-state index contributed by atoms with van der Waals surface area (Å²) in [6, 6.07) is 13.1. The van der Waals surface area contributed by atoms with Crippen molar-refractivity contribution in [2.45, 2.75) is 0 Å². The van der Waals surface area contributed by atoms with Crippen molar-refractivity contribution in [3.63, 3.8) is 0 Å². The maximum absolute atomic E-state index is 11.6. The number of nitrogens with one attached hydrogen (secondary N) is 1. The van der Waals surface area contributed by atoms with Gasteiger partial charge in [0, 0.05) is 17.9 Å². The minimum Gasteiger partial charge on any atom is -0.451 e. The summed E-state index contributed by atoms with van der Waals surface area (Å²) in [5.41, 5.74) is 0.959. The molecule has 0 unspecified atom stereocenters. The summed E-state index contributed by atoms with van der Waals surface area (Å²) in [4.78, 5) is 11.6. The zero-order valence-electron chi connectivity index (χ0n) is 9.22. The van der Waals surface area contributed by atoms with E-state index in [1.54, 1.807) is 12.1 Å². The number of rotatable bonds is 4. The average Bonchev–Trinajstić information content (AvgIpc) is 2.86. The number of hydrogen-bond donors (Lipinski definition) is 2. The Balaban J connectivity index is 2.14. The first-order valence-electron chi connectivity index (χ1n) is 5.35. The van der Waals surface area contributed by atoms with Crippen LogP contribution in [0.3, 0.4) is 0 Å². The van der Waals surface area contributed by atoms with Gasteiger partial charge in [0.2, 0.25) is 0 Å². The van der Waals surface area contributed by atoms with E-state index in [9.17, 15) is 4.79 Å². The molecule has 0 aliphatic carbocycles. The molecular weight excluding hydrogens is 234 g/mol. The van der Waals surface area contributed by atoms with E-state index in [-0.39, 0.29) is 5.91 Å². The third-order valence-corrected chi connectivity index (χ3v) is 2.51. The lowest BCUT2D eigenvalue weighted by Crippen LogP contribution is -2.24. The molecule has 4 heteroatoms. The van der Waals surface area contributed by atoms with Gasteiger partial charge in [0.1, 0.15) is 5.76 Å². The summed E-state index contributed by atoms with van der Waals surface area (Å²) in [6.07, 6.45) is 0. The molecule has 0 fully saturated rings. The summed E-state index contributed by atoms with van der Waals surface area (Å²) >= 11 is 4.02. The van der Waals surface area contributed by atoms with Crippen LogP contribution in [0.15, 0.2) is 46.9 Å². The van der Waals surface area contributed by atoms with Crippen molar-refractivity contribution < 1.29 is 9.21 Å². The van der Waals surface area contributed by atoms with Crippen molar-refractivity contribution in [3.8, 4) is 11.3 Å². The molecule has 0 aliphatic heterocycles. The highest BCUT2D eigenvalue weighted by molar-refractivity contribution is 7.80. The van der Waals surface area contributed by atoms with Crippen LogP contribution in [-0.2, 0) is 0 Å². The van der Waals surface area contributed by atoms with Gasteiger partial charge in [-0.15, -0.1) is 0 Å². The SMILES string of the molecule is O=C(NCCS)c1ccc(-c2ccccc2)o1. The highest BCUT2D eigenvalue weighted by Gasteiger charge is 2.10. The maximum Gasteiger partial charge on any atom is 0.287 e. The standard InChI is InChI=1S/C13H13NO2S/c15-13(14-8-9-17)12-7-6-11(16-12)10-4-2-1-3-5-10/h1-7,17H,8-9H2,(H,14,15). The van der Waals surface area contributed by atoms with Crippen LogP contribution in [0.2, 0.25) is 0 Å². The van der Waals surface area contributed by atoms with Gasteiger partial charge < -0.3 is 9.73 Å². The van der Waals surface area contributed by atoms with Crippen LogP contribution < -0.4 is 5.32 Å². The molecule has 1 aromatic heterocycles. The Morgan fingerprint density at radius 2 is 1.94 bits per heavy atom. The second-order valence-corrected chi connectivity index (χ2v) is 3.96. The fourth-order valence-electron chi connectivity index (χ4n) is 1.47. The largest absolute Gasteiger partial charge is 0.451 e. The van der Waals surface area contributed by atoms with Crippen LogP contribution in [-0.4, -0.2) is 18.2 Å². The Hall–Kier alpha value is -1.68. The molecule has 0 radical (unpaired) electrons. The van der Waals surface area contributed by atoms with Crippen molar-refractivity contribution in [3.05, 3.63) is 48.2 Å². The van der Waals surface area contributed by atoms with E-state index in [2.05, 4.69) is 17.9 Å². The van der Waals surface area contributed by atoms with Gasteiger partial charge in [-0.3, -0.25) is 4.79 Å². The van der Waals surface area contributed by atoms with Crippen LogP contribution in [0.4, 0.5) is 0 Å². The number of hydrogen-bond acceptors (Lipinski definition) is 3. The fourth-order valence-corrected chi connectivity index (χ4v) is 1.59. The van der Waals surface area contributed by atoms with Crippen molar-refractivity contribution in [2.24, 2.45) is 0 Å². The van der Waals surface area contributed by atoms with Gasteiger partial charge in [-0.05, 0) is 12.1 Å². The third-order valence-electron chi connectivity index (χ3n) is 2.29. The molecule has 0 atom stereocenters. The second-order valence-electron chi connectivity index (χ2n) is 3.51. The molecule has 0 bridgehead atoms. The van der Waals surface area contributed by atoms with E-state index >= 15 is 0 Å². The molecule has 1 heterocycles. The lowest BCUT2D eigenvalue weighted by molar-refractivity contribution is 0.0929. The zero-order chi connectivity index (χ0) is 12.1. The van der Waals surface area contributed by atoms with E-state index in [4.69, 9.17) is 4.42 Å². The van der Waals surface area contributed by atoms with E-state index < -0.39 is 0 Å². The first-order valence-corrected chi connectivity index (χ1v) is 5.99. The van der Waals surface area contributed by atoms with Gasteiger partial charge in [-0.1, -0.05) is 30.3 Å². The predicted octanol–water partition coefficient (Wildman–Crippen LogP) is 2.61. The van der Waals surface area contributed by atoms with Crippen molar-refractivity contribution in [2.75, 3.05) is 12.3 Å². The van der Waals surface area contributed by atoms with Crippen LogP contribution >= 0.6 is 12.6 Å². The average molecular weight is 247 g/mol. The molecule has 1 aromatic carbocycles. The highest BCUT2D eigenvalue weighted by Crippen LogP contribution is 2.21. The molecule has 2 rings (SSSR count). The molecular formula is C13H13NO2S. The number of thiol groups is 1. The van der Waals surface area contributed by atoms with Crippen LogP contribution in [0, 0.1) is 0 Å². The smallest absolute Gasteiger partial charge is 0.287 e. The lowest BCUT2D eigenvalue weighted by atomic mass is 10.2. The van der Waals surface area contributed by atoms with Gasteiger partial charge in [0.05, 0.1) is 0 Å². The summed E-state index contributed by atoms with van der Waals surface area (Å²) in [6.45, 7) is 0.531. The van der Waals surface area contributed by atoms with Gasteiger partial charge in [-0.25, -0.2) is 0 Å². The molecule has 1 amide bonds. The Labute approximate surface area is 105 Å². The molecule has 3 nitrogen and oxygen atoms in total. The predicted molar refractivity (Wildman–Crippen MR) is 70.3 cm³/mol. The Morgan fingerprint density at radius 3 is 2.65 bits per heavy atom. The maximum atomic E-state index is 11.6. The summed E-state index contributed by atoms with van der Waals surface area (Å²) in [7, 11) is 0. The molecule has 0 spiro atoms. The molecule has 1 N–H and O–H groups in total. The van der Waals surface area contributed by atoms with Gasteiger partial charge in [-0.2, -0.15) is 12.6 Å². The second kappa shape index (κ2) is 5.59. The van der Waals surface area contributed by atoms with Crippen LogP contribution in [0.5, 0.6) is 0 Å². The van der Waals surface area contributed by atoms with Crippen molar-refractivity contribution >= 4 is 18.5 Å². The number of furan rings is 1. The Morgan fingerprint density at radius 1 is 1.18 bits per heavy atom. The van der Waals surface area contributed by atoms with Crippen LogP contribution in [0.25, 0.3) is 11.3 Å². The third kappa shape index (κ3) is 2.91. The number of carbonyl (C=O) groups is 1. The van der Waals surface area contributed by atoms with Crippen molar-refractivity contribution in [1.29, 1.82) is 0 Å². The van der Waals surface area contributed by atoms with Crippen LogP contribution in [0.1, 0.15) is 10.6 Å². The summed E-state index contributed by atoms with van der Waals surface area (Å²) in [5, 5.41) is 2.70. The Bertz CT molecular complexity index is 493. The summed E-state index contributed by atoms with van der Waals surface area (Å²) < 4.78 is 5.49. The summed E-state index contributed by atoms with van der Waals surface area (Å²) in [5.74, 6) is 1.42. The molecule has 0 saturated heterocycles. The first kappa shape index (κ1) is 11.8. The van der Waals surface area contributed by atoms with Crippen molar-refractivity contribution in [1.82, 2.24) is 5.32 Å². The van der Waals surface area contributed by atoms with E-state index in [1.165, 1.54) is 0 Å². The zero-order valence-corrected chi connectivity index (χ0v) is 10.1. The number of carbonyl (C=O) groups excluding carboxylic acids is 1. The first-order chi connectivity index (χ1) is 8.31. The molecule has 2 aromatic rings. The lowest BCUT2D eigenvalue weighted by Gasteiger charge is -1.99. The van der Waals surface area contributed by atoms with Gasteiger partial charge in [0.25, 0.3) is 5.91 Å². The molecule has 17 heavy (non-hydrogen) atoms. The number of amides is 1. The highest BCUT2D eigenvalue weighted by atomic mass is 32.1. The van der Waals surface area contributed by atoms with E-state index in [0.29, 0.717) is 23.8 Å². The van der Waals surface area contributed by atoms with Gasteiger partial charge >= 0.3 is 0 Å². The normalized spacial score (nSPS) is 10.2. The van der Waals surface area contributed by atoms with E-state index in [0.717, 1.165) is 5.56 Å². The minimum atomic E-state index is -0.207. The minimum absolute atomic E-state index is 0.207. The fraction of sp³-hybridized carbons (Fsp3) is 0.154. The Kier molecular flexibility index (Phi) is 3.88. The molecule has 88 valence electrons. The monoisotopic (exact) mass is 247 g/mol. The quantitative estimate of drug-likeness (QED) is 0.815. The van der Waals surface area contributed by atoms with E-state index in [1.807, 2.05) is 30.3 Å². The molecule has 0 saturated carbocycles. The molecule has 0 aliphatic rings. The number of benzene rings is 1. The topological polar surface area (TPSA) is 42.2 Å².